The molecular formula is C12H19ClN4O. The molecule has 5 nitrogen and oxygen atoms in total. The van der Waals surface area contributed by atoms with E-state index in [-0.39, 0.29) is 17.4 Å². The van der Waals surface area contributed by atoms with Gasteiger partial charge in [0.2, 0.25) is 11.2 Å². The number of anilines is 1. The summed E-state index contributed by atoms with van der Waals surface area (Å²) in [5.74, 6) is 1.35. The van der Waals surface area contributed by atoms with Crippen LogP contribution in [0.2, 0.25) is 5.28 Å². The molecule has 0 atom stereocenters. The number of nitrogens with zero attached hydrogens (tertiary/aromatic N) is 3. The van der Waals surface area contributed by atoms with Gasteiger partial charge in [0, 0.05) is 6.54 Å². The van der Waals surface area contributed by atoms with Crippen molar-refractivity contribution in [3.05, 3.63) is 5.28 Å². The van der Waals surface area contributed by atoms with Crippen LogP contribution in [0, 0.1) is 5.92 Å². The third-order valence-corrected chi connectivity index (χ3v) is 3.16. The molecule has 1 N–H and O–H groups in total. The molecule has 0 unspecified atom stereocenters. The van der Waals surface area contributed by atoms with Gasteiger partial charge in [0.1, 0.15) is 0 Å². The molecule has 2 rings (SSSR count). The Bertz CT molecular complexity index is 396. The number of hydrogen-bond donors (Lipinski definition) is 1. The molecule has 1 aliphatic carbocycles. The summed E-state index contributed by atoms with van der Waals surface area (Å²) in [5, 5.41) is 3.33. The van der Waals surface area contributed by atoms with Crippen LogP contribution in [0.1, 0.15) is 39.5 Å². The fourth-order valence-electron chi connectivity index (χ4n) is 1.84. The van der Waals surface area contributed by atoms with Crippen molar-refractivity contribution in [1.82, 2.24) is 15.0 Å². The van der Waals surface area contributed by atoms with Crippen LogP contribution in [0.25, 0.3) is 0 Å². The van der Waals surface area contributed by atoms with E-state index >= 15 is 0 Å². The zero-order valence-electron chi connectivity index (χ0n) is 10.8. The summed E-state index contributed by atoms with van der Waals surface area (Å²) in [6.07, 6.45) is 5.24. The van der Waals surface area contributed by atoms with Crippen LogP contribution >= 0.6 is 11.6 Å². The van der Waals surface area contributed by atoms with Crippen molar-refractivity contribution < 1.29 is 4.74 Å². The average molecular weight is 271 g/mol. The fraction of sp³-hybridized carbons (Fsp3) is 0.750. The highest BCUT2D eigenvalue weighted by Gasteiger charge is 2.16. The molecule has 6 heteroatoms. The third-order valence-electron chi connectivity index (χ3n) is 2.99. The Hall–Kier alpha value is -1.10. The van der Waals surface area contributed by atoms with E-state index in [4.69, 9.17) is 16.3 Å². The summed E-state index contributed by atoms with van der Waals surface area (Å²) < 4.78 is 5.41. The lowest BCUT2D eigenvalue weighted by molar-refractivity contribution is 0.222. The number of hydrogen-bond acceptors (Lipinski definition) is 5. The highest BCUT2D eigenvalue weighted by molar-refractivity contribution is 6.28. The molecule has 100 valence electrons. The van der Waals surface area contributed by atoms with Gasteiger partial charge in [-0.15, -0.1) is 0 Å². The summed E-state index contributed by atoms with van der Waals surface area (Å²) >= 11 is 5.83. The van der Waals surface area contributed by atoms with Gasteiger partial charge in [0.15, 0.2) is 0 Å². The van der Waals surface area contributed by atoms with Crippen LogP contribution in [0.15, 0.2) is 0 Å². The van der Waals surface area contributed by atoms with Crippen molar-refractivity contribution in [2.45, 2.75) is 45.6 Å². The summed E-state index contributed by atoms with van der Waals surface area (Å²) in [4.78, 5) is 12.1. The third kappa shape index (κ3) is 3.98. The second-order valence-electron chi connectivity index (χ2n) is 4.89. The molecule has 0 bridgehead atoms. The smallest absolute Gasteiger partial charge is 0.322 e. The van der Waals surface area contributed by atoms with E-state index in [1.165, 1.54) is 19.3 Å². The second kappa shape index (κ2) is 6.18. The summed E-state index contributed by atoms with van der Waals surface area (Å²) in [7, 11) is 0. The van der Waals surface area contributed by atoms with Gasteiger partial charge in [-0.2, -0.15) is 15.0 Å². The van der Waals surface area contributed by atoms with Crippen LogP contribution in [0.3, 0.4) is 0 Å². The van der Waals surface area contributed by atoms with E-state index in [0.717, 1.165) is 18.9 Å². The van der Waals surface area contributed by atoms with Crippen molar-refractivity contribution >= 4 is 17.5 Å². The van der Waals surface area contributed by atoms with Crippen molar-refractivity contribution in [2.24, 2.45) is 5.92 Å². The molecule has 0 aliphatic heterocycles. The van der Waals surface area contributed by atoms with Crippen LogP contribution < -0.4 is 10.1 Å². The lowest BCUT2D eigenvalue weighted by atomic mass is 9.83. The normalized spacial score (nSPS) is 15.6. The Morgan fingerprint density at radius 3 is 2.72 bits per heavy atom. The Kier molecular flexibility index (Phi) is 4.58. The van der Waals surface area contributed by atoms with E-state index in [9.17, 15) is 0 Å². The van der Waals surface area contributed by atoms with Crippen LogP contribution in [-0.4, -0.2) is 27.6 Å². The summed E-state index contributed by atoms with van der Waals surface area (Å²) in [6.45, 7) is 4.70. The Morgan fingerprint density at radius 1 is 1.33 bits per heavy atom. The van der Waals surface area contributed by atoms with E-state index in [1.807, 2.05) is 13.8 Å². The molecule has 18 heavy (non-hydrogen) atoms. The van der Waals surface area contributed by atoms with Crippen molar-refractivity contribution in [2.75, 3.05) is 11.9 Å². The molecule has 1 heterocycles. The molecule has 1 aliphatic rings. The van der Waals surface area contributed by atoms with Crippen LogP contribution in [0.5, 0.6) is 6.01 Å². The first-order chi connectivity index (χ1) is 8.63. The largest absolute Gasteiger partial charge is 0.461 e. The molecule has 1 fully saturated rings. The highest BCUT2D eigenvalue weighted by Crippen LogP contribution is 2.29. The van der Waals surface area contributed by atoms with Gasteiger partial charge in [0.25, 0.3) is 0 Å². The molecule has 0 spiro atoms. The molecule has 0 aromatic carbocycles. The quantitative estimate of drug-likeness (QED) is 0.861. The fourth-order valence-corrected chi connectivity index (χ4v) is 2.00. The second-order valence-corrected chi connectivity index (χ2v) is 5.23. The Morgan fingerprint density at radius 2 is 2.11 bits per heavy atom. The number of rotatable bonds is 6. The van der Waals surface area contributed by atoms with Gasteiger partial charge in [-0.1, -0.05) is 19.3 Å². The van der Waals surface area contributed by atoms with E-state index < -0.39 is 0 Å². The standard InChI is InChI=1S/C12H19ClN4O/c1-8(2)18-12-16-10(13)15-11(17-12)14-7-6-9-4-3-5-9/h8-9H,3-7H2,1-2H3,(H,14,15,16,17). The van der Waals surface area contributed by atoms with Crippen molar-refractivity contribution in [3.63, 3.8) is 0 Å². The lowest BCUT2D eigenvalue weighted by Gasteiger charge is -2.25. The van der Waals surface area contributed by atoms with Gasteiger partial charge in [-0.25, -0.2) is 0 Å². The van der Waals surface area contributed by atoms with Gasteiger partial charge in [-0.3, -0.25) is 0 Å². The maximum Gasteiger partial charge on any atom is 0.322 e. The molecule has 1 aromatic heterocycles. The van der Waals surface area contributed by atoms with E-state index in [1.54, 1.807) is 0 Å². The summed E-state index contributed by atoms with van der Waals surface area (Å²) in [6, 6.07) is 0.274. The first kappa shape index (κ1) is 13.3. The van der Waals surface area contributed by atoms with Crippen LogP contribution in [0.4, 0.5) is 5.95 Å². The monoisotopic (exact) mass is 270 g/mol. The minimum Gasteiger partial charge on any atom is -0.461 e. The average Bonchev–Trinajstić information content (AvgIpc) is 2.19. The lowest BCUT2D eigenvalue weighted by Crippen LogP contribution is -2.17. The molecule has 0 saturated heterocycles. The zero-order chi connectivity index (χ0) is 13.0. The van der Waals surface area contributed by atoms with E-state index in [2.05, 4.69) is 20.3 Å². The number of aromatic nitrogens is 3. The van der Waals surface area contributed by atoms with Gasteiger partial charge < -0.3 is 10.1 Å². The van der Waals surface area contributed by atoms with Crippen LogP contribution in [-0.2, 0) is 0 Å². The minimum absolute atomic E-state index is 0.0197. The predicted octanol–water partition coefficient (Wildman–Crippen LogP) is 2.91. The molecule has 1 saturated carbocycles. The molecule has 1 aromatic rings. The predicted molar refractivity (Wildman–Crippen MR) is 71.0 cm³/mol. The van der Waals surface area contributed by atoms with Crippen molar-refractivity contribution in [3.8, 4) is 6.01 Å². The topological polar surface area (TPSA) is 59.9 Å². The van der Waals surface area contributed by atoms with Gasteiger partial charge in [0.05, 0.1) is 6.10 Å². The summed E-state index contributed by atoms with van der Waals surface area (Å²) in [5.41, 5.74) is 0. The minimum atomic E-state index is 0.0197. The maximum absolute atomic E-state index is 5.83. The number of halogens is 1. The number of ether oxygens (including phenoxy) is 1. The van der Waals surface area contributed by atoms with Crippen molar-refractivity contribution in [1.29, 1.82) is 0 Å². The van der Waals surface area contributed by atoms with Gasteiger partial charge in [-0.05, 0) is 37.8 Å². The SMILES string of the molecule is CC(C)Oc1nc(Cl)nc(NCCC2CCC2)n1. The first-order valence-corrected chi connectivity index (χ1v) is 6.83. The Balaban J connectivity index is 1.87. The zero-order valence-corrected chi connectivity index (χ0v) is 11.6. The molecule has 0 amide bonds. The van der Waals surface area contributed by atoms with Gasteiger partial charge >= 0.3 is 6.01 Å². The highest BCUT2D eigenvalue weighted by atomic mass is 35.5. The number of nitrogens with one attached hydrogen (secondary N) is 1. The van der Waals surface area contributed by atoms with E-state index in [0.29, 0.717) is 5.95 Å². The Labute approximate surface area is 112 Å². The molecule has 0 radical (unpaired) electrons. The maximum atomic E-state index is 5.83. The first-order valence-electron chi connectivity index (χ1n) is 6.45. The molecular weight excluding hydrogens is 252 g/mol.